The molecule has 220 valence electrons. The summed E-state index contributed by atoms with van der Waals surface area (Å²) in [5, 5.41) is 3.15. The number of carbonyl (C=O) groups excluding carboxylic acids is 1. The van der Waals surface area contributed by atoms with Crippen molar-refractivity contribution in [3.05, 3.63) is 65.7 Å². The van der Waals surface area contributed by atoms with Gasteiger partial charge in [-0.25, -0.2) is 41.9 Å². The van der Waals surface area contributed by atoms with Crippen molar-refractivity contribution >= 4 is 50.3 Å². The van der Waals surface area contributed by atoms with E-state index >= 15 is 0 Å². The summed E-state index contributed by atoms with van der Waals surface area (Å²) in [6, 6.07) is 6.80. The largest absolute Gasteiger partial charge is 0.444 e. The Morgan fingerprint density at radius 2 is 1.90 bits per heavy atom. The molecule has 1 atom stereocenters. The third kappa shape index (κ3) is 6.49. The van der Waals surface area contributed by atoms with Gasteiger partial charge in [-0.15, -0.1) is 0 Å². The first-order valence-corrected chi connectivity index (χ1v) is 14.7. The van der Waals surface area contributed by atoms with Crippen LogP contribution < -0.4 is 10.0 Å². The molecule has 4 heterocycles. The van der Waals surface area contributed by atoms with Crippen LogP contribution in [-0.4, -0.2) is 64.1 Å². The lowest BCUT2D eigenvalue weighted by molar-refractivity contribution is 0.0293. The van der Waals surface area contributed by atoms with Gasteiger partial charge in [0.1, 0.15) is 34.0 Å². The van der Waals surface area contributed by atoms with Crippen molar-refractivity contribution < 1.29 is 26.7 Å². The maximum Gasteiger partial charge on any atom is 0.410 e. The Balaban J connectivity index is 1.40. The van der Waals surface area contributed by atoms with Crippen LogP contribution in [0, 0.1) is 11.6 Å². The van der Waals surface area contributed by atoms with E-state index in [9.17, 15) is 22.0 Å². The first kappa shape index (κ1) is 29.3. The Morgan fingerprint density at radius 1 is 1.12 bits per heavy atom. The van der Waals surface area contributed by atoms with E-state index in [2.05, 4.69) is 30.0 Å². The fraction of sp³-hybridized carbons (Fsp3) is 0.296. The zero-order valence-electron chi connectivity index (χ0n) is 22.7. The molecule has 0 bridgehead atoms. The van der Waals surface area contributed by atoms with Gasteiger partial charge < -0.3 is 15.0 Å². The summed E-state index contributed by atoms with van der Waals surface area (Å²) in [5.74, 6) is -1.72. The number of anilines is 2. The van der Waals surface area contributed by atoms with E-state index < -0.39 is 32.2 Å². The number of sulfonamides is 1. The van der Waals surface area contributed by atoms with Crippen LogP contribution in [0.5, 0.6) is 0 Å². The van der Waals surface area contributed by atoms with Gasteiger partial charge in [-0.3, -0.25) is 4.72 Å². The first-order chi connectivity index (χ1) is 19.8. The number of hydrogen-bond donors (Lipinski definition) is 2. The van der Waals surface area contributed by atoms with Crippen molar-refractivity contribution in [3.8, 4) is 11.3 Å². The van der Waals surface area contributed by atoms with Gasteiger partial charge in [-0.1, -0.05) is 11.6 Å². The summed E-state index contributed by atoms with van der Waals surface area (Å²) in [6.07, 6.45) is 3.09. The van der Waals surface area contributed by atoms with Crippen molar-refractivity contribution in [2.24, 2.45) is 0 Å². The second kappa shape index (κ2) is 11.2. The molecule has 1 saturated heterocycles. The van der Waals surface area contributed by atoms with Gasteiger partial charge in [0.15, 0.2) is 11.0 Å². The molecule has 5 rings (SSSR count). The number of carbonyl (C=O) groups is 1. The van der Waals surface area contributed by atoms with Crippen LogP contribution in [0.25, 0.3) is 22.3 Å². The number of nitrogens with one attached hydrogen (secondary N) is 2. The molecule has 15 heteroatoms. The number of likely N-dealkylation sites (tertiary alicyclic amines) is 1. The number of amides is 1. The molecule has 11 nitrogen and oxygen atoms in total. The normalized spacial score (nSPS) is 15.6. The van der Waals surface area contributed by atoms with E-state index in [1.54, 1.807) is 17.0 Å². The quantitative estimate of drug-likeness (QED) is 0.278. The number of halogens is 3. The van der Waals surface area contributed by atoms with E-state index in [0.29, 0.717) is 53.7 Å². The second-order valence-electron chi connectivity index (χ2n) is 10.6. The summed E-state index contributed by atoms with van der Waals surface area (Å²) in [4.78, 5) is 30.7. The standard InChI is InChI=1S/C27H26ClF2N7O4S/c1-27(2,3)41-26(38)37-9-8-17(13-37)34-25-23-20(32-14-33-25)6-5-19(35-23)15-10-21(24(28)31-12-15)36-42(39,40)22-7-4-16(29)11-18(22)30/h4-7,10-12,14,17,36H,8-9,13H2,1-3H3,(H,32,33,34)/t17-/m1/s1. The predicted octanol–water partition coefficient (Wildman–Crippen LogP) is 5.24. The molecule has 4 aromatic rings. The summed E-state index contributed by atoms with van der Waals surface area (Å²) in [6.45, 7) is 6.37. The number of pyridine rings is 2. The van der Waals surface area contributed by atoms with Crippen LogP contribution in [0.15, 0.2) is 53.8 Å². The van der Waals surface area contributed by atoms with Crippen molar-refractivity contribution in [1.82, 2.24) is 24.8 Å². The molecular weight excluding hydrogens is 592 g/mol. The summed E-state index contributed by atoms with van der Waals surface area (Å²) < 4.78 is 60.8. The minimum atomic E-state index is -4.46. The summed E-state index contributed by atoms with van der Waals surface area (Å²) in [5.41, 5.74) is 1.06. The van der Waals surface area contributed by atoms with Crippen LogP contribution in [0.1, 0.15) is 27.2 Å². The Bertz CT molecular complexity index is 1790. The molecule has 0 saturated carbocycles. The van der Waals surface area contributed by atoms with Crippen LogP contribution in [-0.2, 0) is 14.8 Å². The molecule has 0 spiro atoms. The smallest absolute Gasteiger partial charge is 0.410 e. The van der Waals surface area contributed by atoms with Crippen molar-refractivity contribution in [2.75, 3.05) is 23.1 Å². The lowest BCUT2D eigenvalue weighted by Gasteiger charge is -2.24. The van der Waals surface area contributed by atoms with Gasteiger partial charge in [0.05, 0.1) is 16.9 Å². The van der Waals surface area contributed by atoms with Crippen molar-refractivity contribution in [2.45, 2.75) is 43.7 Å². The third-order valence-electron chi connectivity index (χ3n) is 6.23. The summed E-state index contributed by atoms with van der Waals surface area (Å²) in [7, 11) is -4.46. The lowest BCUT2D eigenvalue weighted by atomic mass is 10.1. The third-order valence-corrected chi connectivity index (χ3v) is 7.93. The van der Waals surface area contributed by atoms with Gasteiger partial charge in [0, 0.05) is 37.0 Å². The SMILES string of the molecule is CC(C)(C)OC(=O)N1CC[C@@H](Nc2ncnc3ccc(-c4cnc(Cl)c(NS(=O)(=O)c5ccc(F)cc5F)c4)nc23)C1. The highest BCUT2D eigenvalue weighted by Gasteiger charge is 2.30. The highest BCUT2D eigenvalue weighted by molar-refractivity contribution is 7.92. The van der Waals surface area contributed by atoms with Crippen LogP contribution >= 0.6 is 11.6 Å². The number of benzene rings is 1. The molecule has 0 aliphatic carbocycles. The zero-order valence-corrected chi connectivity index (χ0v) is 24.3. The van der Waals surface area contributed by atoms with Gasteiger partial charge in [0.25, 0.3) is 10.0 Å². The Kier molecular flexibility index (Phi) is 7.86. The molecule has 1 aliphatic rings. The first-order valence-electron chi connectivity index (χ1n) is 12.8. The average molecular weight is 618 g/mol. The minimum Gasteiger partial charge on any atom is -0.444 e. The highest BCUT2D eigenvalue weighted by Crippen LogP contribution is 2.30. The number of ether oxygens (including phenoxy) is 1. The number of nitrogens with zero attached hydrogens (tertiary/aromatic N) is 5. The maximum absolute atomic E-state index is 14.2. The van der Waals surface area contributed by atoms with E-state index in [4.69, 9.17) is 16.3 Å². The monoisotopic (exact) mass is 617 g/mol. The lowest BCUT2D eigenvalue weighted by Crippen LogP contribution is -2.36. The molecule has 1 aromatic carbocycles. The van der Waals surface area contributed by atoms with Crippen LogP contribution in [0.3, 0.4) is 0 Å². The molecule has 42 heavy (non-hydrogen) atoms. The van der Waals surface area contributed by atoms with Gasteiger partial charge in [-0.2, -0.15) is 0 Å². The topological polar surface area (TPSA) is 139 Å². The van der Waals surface area contributed by atoms with Crippen LogP contribution in [0.4, 0.5) is 25.1 Å². The number of hydrogen-bond acceptors (Lipinski definition) is 9. The Hall–Kier alpha value is -4.17. The maximum atomic E-state index is 14.2. The van der Waals surface area contributed by atoms with Gasteiger partial charge >= 0.3 is 6.09 Å². The molecule has 1 amide bonds. The molecule has 0 unspecified atom stereocenters. The van der Waals surface area contributed by atoms with Crippen molar-refractivity contribution in [1.29, 1.82) is 0 Å². The highest BCUT2D eigenvalue weighted by atomic mass is 35.5. The Labute approximate surface area is 245 Å². The van der Waals surface area contributed by atoms with Gasteiger partial charge in [0.2, 0.25) is 0 Å². The molecule has 1 fully saturated rings. The van der Waals surface area contributed by atoms with E-state index in [0.717, 1.165) is 12.1 Å². The molecule has 3 aromatic heterocycles. The Morgan fingerprint density at radius 3 is 2.64 bits per heavy atom. The number of aromatic nitrogens is 4. The molecule has 2 N–H and O–H groups in total. The summed E-state index contributed by atoms with van der Waals surface area (Å²) >= 11 is 6.15. The van der Waals surface area contributed by atoms with E-state index in [-0.39, 0.29) is 23.0 Å². The van der Waals surface area contributed by atoms with Gasteiger partial charge in [-0.05, 0) is 57.5 Å². The molecule has 1 aliphatic heterocycles. The van der Waals surface area contributed by atoms with E-state index in [1.807, 2.05) is 20.8 Å². The second-order valence-corrected chi connectivity index (χ2v) is 12.6. The van der Waals surface area contributed by atoms with Crippen molar-refractivity contribution in [3.63, 3.8) is 0 Å². The fourth-order valence-electron chi connectivity index (χ4n) is 4.32. The minimum absolute atomic E-state index is 0.105. The van der Waals surface area contributed by atoms with Crippen LogP contribution in [0.2, 0.25) is 5.15 Å². The molecular formula is C27H26ClF2N7O4S. The number of rotatable bonds is 6. The zero-order chi connectivity index (χ0) is 30.2. The predicted molar refractivity (Wildman–Crippen MR) is 153 cm³/mol. The molecule has 0 radical (unpaired) electrons. The average Bonchev–Trinajstić information content (AvgIpc) is 3.37. The number of fused-ring (bicyclic) bond motifs is 1. The van der Waals surface area contributed by atoms with E-state index in [1.165, 1.54) is 18.6 Å². The fourth-order valence-corrected chi connectivity index (χ4v) is 5.65.